The van der Waals surface area contributed by atoms with Crippen molar-refractivity contribution in [2.24, 2.45) is 5.92 Å². The van der Waals surface area contributed by atoms with Gasteiger partial charge in [-0.3, -0.25) is 4.79 Å². The van der Waals surface area contributed by atoms with Crippen LogP contribution >= 0.6 is 23.2 Å². The minimum absolute atomic E-state index is 0.154. The van der Waals surface area contributed by atoms with Gasteiger partial charge in [0.15, 0.2) is 0 Å². The number of nitrogens with zero attached hydrogens (tertiary/aromatic N) is 4. The maximum atomic E-state index is 12.7. The van der Waals surface area contributed by atoms with Gasteiger partial charge in [-0.2, -0.15) is 0 Å². The molecule has 0 spiro atoms. The summed E-state index contributed by atoms with van der Waals surface area (Å²) in [4.78, 5) is 18.8. The van der Waals surface area contributed by atoms with E-state index < -0.39 is 0 Å². The largest absolute Gasteiger partial charge is 0.336 e. The lowest BCUT2D eigenvalue weighted by Gasteiger charge is -2.14. The summed E-state index contributed by atoms with van der Waals surface area (Å²) in [6, 6.07) is 5.22. The molecule has 1 N–H and O–H groups in total. The molecule has 1 aromatic carbocycles. The fourth-order valence-electron chi connectivity index (χ4n) is 3.00. The second-order valence-corrected chi connectivity index (χ2v) is 6.74. The molecule has 128 valence electrons. The molecular weight excluding hydrogens is 349 g/mol. The van der Waals surface area contributed by atoms with Crippen LogP contribution in [0, 0.1) is 12.8 Å². The second kappa shape index (κ2) is 7.09. The van der Waals surface area contributed by atoms with Gasteiger partial charge in [0.05, 0.1) is 10.0 Å². The fraction of sp³-hybridized carbons (Fsp3) is 0.438. The number of amides is 1. The molecule has 0 aliphatic carbocycles. The molecule has 1 saturated heterocycles. The van der Waals surface area contributed by atoms with Gasteiger partial charge in [-0.15, -0.1) is 5.10 Å². The normalized spacial score (nSPS) is 17.5. The van der Waals surface area contributed by atoms with Crippen molar-refractivity contribution in [2.75, 3.05) is 26.7 Å². The van der Waals surface area contributed by atoms with Crippen LogP contribution in [0.5, 0.6) is 0 Å². The van der Waals surface area contributed by atoms with E-state index in [0.717, 1.165) is 26.1 Å². The van der Waals surface area contributed by atoms with E-state index in [0.29, 0.717) is 27.5 Å². The van der Waals surface area contributed by atoms with Gasteiger partial charge >= 0.3 is 0 Å². The van der Waals surface area contributed by atoms with Crippen LogP contribution in [0.3, 0.4) is 0 Å². The lowest BCUT2D eigenvalue weighted by atomic mass is 10.1. The highest BCUT2D eigenvalue weighted by Gasteiger charge is 2.29. The maximum Gasteiger partial charge on any atom is 0.293 e. The van der Waals surface area contributed by atoms with Crippen LogP contribution in [0.25, 0.3) is 5.69 Å². The van der Waals surface area contributed by atoms with Crippen molar-refractivity contribution in [3.05, 3.63) is 39.9 Å². The van der Waals surface area contributed by atoms with Gasteiger partial charge in [-0.25, -0.2) is 9.67 Å². The van der Waals surface area contributed by atoms with Crippen LogP contribution in [0.1, 0.15) is 22.9 Å². The summed E-state index contributed by atoms with van der Waals surface area (Å²) in [5.74, 6) is 1.06. The van der Waals surface area contributed by atoms with Crippen LogP contribution in [0.4, 0.5) is 0 Å². The van der Waals surface area contributed by atoms with Gasteiger partial charge < -0.3 is 10.2 Å². The van der Waals surface area contributed by atoms with E-state index in [1.807, 2.05) is 7.05 Å². The smallest absolute Gasteiger partial charge is 0.293 e. The molecule has 2 heterocycles. The zero-order chi connectivity index (χ0) is 17.3. The third-order valence-electron chi connectivity index (χ3n) is 4.18. The van der Waals surface area contributed by atoms with E-state index >= 15 is 0 Å². The topological polar surface area (TPSA) is 63.1 Å². The summed E-state index contributed by atoms with van der Waals surface area (Å²) in [6.07, 6.45) is 0.989. The van der Waals surface area contributed by atoms with Gasteiger partial charge in [0.1, 0.15) is 11.5 Å². The number of halogens is 2. The van der Waals surface area contributed by atoms with Crippen LogP contribution in [0.15, 0.2) is 18.2 Å². The first-order chi connectivity index (χ1) is 11.5. The van der Waals surface area contributed by atoms with E-state index in [1.165, 1.54) is 4.68 Å². The van der Waals surface area contributed by atoms with Crippen LogP contribution in [-0.2, 0) is 0 Å². The third-order valence-corrected chi connectivity index (χ3v) is 4.79. The van der Waals surface area contributed by atoms with Crippen molar-refractivity contribution in [3.8, 4) is 5.69 Å². The summed E-state index contributed by atoms with van der Waals surface area (Å²) in [7, 11) is 1.92. The molecular formula is C16H19Cl2N5O. The Bertz CT molecular complexity index is 741. The van der Waals surface area contributed by atoms with E-state index in [9.17, 15) is 4.79 Å². The molecule has 1 amide bonds. The number of carbonyl (C=O) groups is 1. The van der Waals surface area contributed by atoms with Gasteiger partial charge in [0, 0.05) is 13.1 Å². The molecule has 0 saturated carbocycles. The first-order valence-corrected chi connectivity index (χ1v) is 8.58. The Balaban J connectivity index is 1.86. The molecule has 6 nitrogen and oxygen atoms in total. The van der Waals surface area contributed by atoms with E-state index in [4.69, 9.17) is 23.2 Å². The standard InChI is InChI=1S/C16H19Cl2N5O/c1-10-20-15(16(24)22-7-6-11(9-22)8-19-2)21-23(10)14-12(17)4-3-5-13(14)18/h3-5,11,19H,6-9H2,1-2H3. The lowest BCUT2D eigenvalue weighted by molar-refractivity contribution is 0.0775. The molecule has 3 rings (SSSR count). The summed E-state index contributed by atoms with van der Waals surface area (Å²) in [5, 5.41) is 8.43. The van der Waals surface area contributed by atoms with Crippen molar-refractivity contribution in [3.63, 3.8) is 0 Å². The lowest BCUT2D eigenvalue weighted by Crippen LogP contribution is -2.31. The first-order valence-electron chi connectivity index (χ1n) is 7.83. The zero-order valence-corrected chi connectivity index (χ0v) is 15.1. The quantitative estimate of drug-likeness (QED) is 0.901. The Hall–Kier alpha value is -1.63. The average molecular weight is 368 g/mol. The van der Waals surface area contributed by atoms with Crippen molar-refractivity contribution < 1.29 is 4.79 Å². The number of carbonyl (C=O) groups excluding carboxylic acids is 1. The predicted octanol–water partition coefficient (Wildman–Crippen LogP) is 2.56. The van der Waals surface area contributed by atoms with Crippen molar-refractivity contribution in [1.29, 1.82) is 0 Å². The molecule has 0 radical (unpaired) electrons. The molecule has 24 heavy (non-hydrogen) atoms. The SMILES string of the molecule is CNCC1CCN(C(=O)c2nc(C)n(-c3c(Cl)cccc3Cl)n2)C1. The Morgan fingerprint density at radius 2 is 2.08 bits per heavy atom. The number of para-hydroxylation sites is 1. The van der Waals surface area contributed by atoms with E-state index in [2.05, 4.69) is 15.4 Å². The van der Waals surface area contributed by atoms with Crippen LogP contribution in [0.2, 0.25) is 10.0 Å². The Morgan fingerprint density at radius 1 is 1.38 bits per heavy atom. The number of aryl methyl sites for hydroxylation is 1. The van der Waals surface area contributed by atoms with Gasteiger partial charge in [-0.1, -0.05) is 29.3 Å². The molecule has 2 aromatic rings. The predicted molar refractivity (Wildman–Crippen MR) is 94.1 cm³/mol. The molecule has 1 atom stereocenters. The number of nitrogens with one attached hydrogen (secondary N) is 1. The minimum Gasteiger partial charge on any atom is -0.336 e. The number of likely N-dealkylation sites (tertiary alicyclic amines) is 1. The van der Waals surface area contributed by atoms with Crippen molar-refractivity contribution in [1.82, 2.24) is 25.0 Å². The summed E-state index contributed by atoms with van der Waals surface area (Å²) < 4.78 is 1.53. The first kappa shape index (κ1) is 17.2. The molecule has 1 unspecified atom stereocenters. The monoisotopic (exact) mass is 367 g/mol. The second-order valence-electron chi connectivity index (χ2n) is 5.93. The molecule has 8 heteroatoms. The number of rotatable bonds is 4. The zero-order valence-electron chi connectivity index (χ0n) is 13.6. The summed E-state index contributed by atoms with van der Waals surface area (Å²) in [5.41, 5.74) is 0.541. The van der Waals surface area contributed by atoms with Crippen LogP contribution < -0.4 is 5.32 Å². The summed E-state index contributed by atoms with van der Waals surface area (Å²) >= 11 is 12.5. The molecule has 1 aliphatic rings. The van der Waals surface area contributed by atoms with Crippen LogP contribution in [-0.4, -0.2) is 52.3 Å². The van der Waals surface area contributed by atoms with E-state index in [1.54, 1.807) is 30.0 Å². The molecule has 1 aromatic heterocycles. The van der Waals surface area contributed by atoms with Crippen molar-refractivity contribution >= 4 is 29.1 Å². The average Bonchev–Trinajstić information content (AvgIpc) is 3.15. The number of aromatic nitrogens is 3. The van der Waals surface area contributed by atoms with Gasteiger partial charge in [-0.05, 0) is 45.0 Å². The highest BCUT2D eigenvalue weighted by atomic mass is 35.5. The molecule has 0 bridgehead atoms. The number of benzene rings is 1. The number of hydrogen-bond donors (Lipinski definition) is 1. The fourth-order valence-corrected chi connectivity index (χ4v) is 3.56. The minimum atomic E-state index is -0.154. The van der Waals surface area contributed by atoms with Gasteiger partial charge in [0.25, 0.3) is 5.91 Å². The highest BCUT2D eigenvalue weighted by Crippen LogP contribution is 2.28. The number of hydrogen-bond acceptors (Lipinski definition) is 4. The van der Waals surface area contributed by atoms with Gasteiger partial charge in [0.2, 0.25) is 5.82 Å². The van der Waals surface area contributed by atoms with E-state index in [-0.39, 0.29) is 11.7 Å². The van der Waals surface area contributed by atoms with Crippen molar-refractivity contribution in [2.45, 2.75) is 13.3 Å². The molecule has 1 aliphatic heterocycles. The third kappa shape index (κ3) is 3.27. The Morgan fingerprint density at radius 3 is 2.75 bits per heavy atom. The summed E-state index contributed by atoms with van der Waals surface area (Å²) in [6.45, 7) is 4.13. The molecule has 1 fully saturated rings. The Kier molecular flexibility index (Phi) is 5.08. The highest BCUT2D eigenvalue weighted by molar-refractivity contribution is 6.37. The Labute approximate surface area is 150 Å². The maximum absolute atomic E-state index is 12.7.